The fourth-order valence-corrected chi connectivity index (χ4v) is 6.01. The Labute approximate surface area is 253 Å². The molecule has 0 radical (unpaired) electrons. The van der Waals surface area contributed by atoms with Crippen molar-refractivity contribution >= 4 is 21.2 Å². The number of rotatable bonds is 13. The van der Waals surface area contributed by atoms with Crippen LogP contribution < -0.4 is 14.6 Å². The highest BCUT2D eigenvalue weighted by molar-refractivity contribution is 7.97. The van der Waals surface area contributed by atoms with E-state index in [4.69, 9.17) is 31.9 Å². The van der Waals surface area contributed by atoms with Crippen molar-refractivity contribution in [2.75, 3.05) is 26.4 Å². The molecule has 1 aliphatic rings. The first-order chi connectivity index (χ1) is 20.3. The van der Waals surface area contributed by atoms with Crippen molar-refractivity contribution in [2.45, 2.75) is 53.2 Å². The highest BCUT2D eigenvalue weighted by Gasteiger charge is 2.28. The number of nitrogens with two attached hydrogens (primary N) is 1. The molecule has 10 heteroatoms. The summed E-state index contributed by atoms with van der Waals surface area (Å²) in [6, 6.07) is 27.0. The zero-order chi connectivity index (χ0) is 30.5. The third-order valence-corrected chi connectivity index (χ3v) is 8.00. The molecule has 0 amide bonds. The molecule has 0 spiro atoms. The van der Waals surface area contributed by atoms with E-state index in [1.54, 1.807) is 0 Å². The maximum absolute atomic E-state index is 8.85. The zero-order valence-corrected chi connectivity index (χ0v) is 25.5. The molecule has 4 rings (SSSR count). The van der Waals surface area contributed by atoms with Gasteiger partial charge in [-0.2, -0.15) is 0 Å². The van der Waals surface area contributed by atoms with Gasteiger partial charge in [0.05, 0.1) is 23.4 Å². The van der Waals surface area contributed by atoms with Gasteiger partial charge in [0.2, 0.25) is 0 Å². The summed E-state index contributed by atoms with van der Waals surface area (Å²) in [7, 11) is -4.65. The summed E-state index contributed by atoms with van der Waals surface area (Å²) < 4.78 is 48.2. The van der Waals surface area contributed by atoms with Gasteiger partial charge in [0, 0.05) is 0 Å². The van der Waals surface area contributed by atoms with Crippen LogP contribution in [-0.4, -0.2) is 39.4 Å². The van der Waals surface area contributed by atoms with Crippen LogP contribution in [0.1, 0.15) is 38.5 Å². The lowest BCUT2D eigenvalue weighted by Gasteiger charge is -2.11. The highest BCUT2D eigenvalue weighted by atomic mass is 32.2. The minimum absolute atomic E-state index is 0.236. The Bertz CT molecular complexity index is 1170. The fraction of sp³-hybridized carbons (Fsp3) is 0.312. The van der Waals surface area contributed by atoms with Gasteiger partial charge >= 0.3 is 0 Å². The van der Waals surface area contributed by atoms with Crippen molar-refractivity contribution in [3.63, 3.8) is 0 Å². The van der Waals surface area contributed by atoms with Gasteiger partial charge in [0.1, 0.15) is 37.9 Å². The first-order valence-corrected chi connectivity index (χ1v) is 16.4. The van der Waals surface area contributed by atoms with E-state index in [-0.39, 0.29) is 10.9 Å². The normalized spacial score (nSPS) is 12.5. The Morgan fingerprint density at radius 2 is 0.976 bits per heavy atom. The van der Waals surface area contributed by atoms with E-state index < -0.39 is 10.3 Å². The molecule has 0 aromatic heterocycles. The van der Waals surface area contributed by atoms with Gasteiger partial charge in [-0.3, -0.25) is 0 Å². The summed E-state index contributed by atoms with van der Waals surface area (Å²) in [6.45, 7) is 8.98. The van der Waals surface area contributed by atoms with Crippen molar-refractivity contribution in [3.05, 3.63) is 105 Å². The van der Waals surface area contributed by atoms with E-state index in [1.807, 2.05) is 30.3 Å². The molecule has 0 bridgehead atoms. The molecule has 0 aliphatic heterocycles. The van der Waals surface area contributed by atoms with E-state index in [2.05, 4.69) is 66.8 Å². The van der Waals surface area contributed by atoms with Crippen LogP contribution in [0.25, 0.3) is 0 Å². The Hall–Kier alpha value is -3.44. The summed E-state index contributed by atoms with van der Waals surface area (Å²) in [5.41, 5.74) is 0. The smallest absolute Gasteiger partial charge is 0.166 e. The van der Waals surface area contributed by atoms with Crippen LogP contribution in [-0.2, 0) is 30.7 Å². The molecule has 228 valence electrons. The summed E-state index contributed by atoms with van der Waals surface area (Å²) in [4.78, 5) is 3.69. The summed E-state index contributed by atoms with van der Waals surface area (Å²) >= 11 is 0. The molecule has 42 heavy (non-hydrogen) atoms. The lowest BCUT2D eigenvalue weighted by Crippen LogP contribution is -2.08. The van der Waals surface area contributed by atoms with Crippen LogP contribution in [0.2, 0.25) is 0 Å². The maximum Gasteiger partial charge on any atom is 0.166 e. The molecule has 3 aromatic rings. The molecule has 1 aliphatic carbocycles. The zero-order valence-electron chi connectivity index (χ0n) is 23.9. The fourth-order valence-electron chi connectivity index (χ4n) is 3.95. The van der Waals surface area contributed by atoms with Gasteiger partial charge in [0.15, 0.2) is 25.0 Å². The third-order valence-electron chi connectivity index (χ3n) is 5.77. The number of hydrogen-bond donors (Lipinski definition) is 1. The van der Waals surface area contributed by atoms with E-state index in [1.165, 1.54) is 65.7 Å². The van der Waals surface area contributed by atoms with Crippen LogP contribution in [0, 0.1) is 0 Å². The molecule has 0 heterocycles. The van der Waals surface area contributed by atoms with Gasteiger partial charge in [0.25, 0.3) is 0 Å². The van der Waals surface area contributed by atoms with E-state index in [0.29, 0.717) is 26.4 Å². The van der Waals surface area contributed by atoms with E-state index in [9.17, 15) is 0 Å². The monoisotopic (exact) mass is 615 g/mol. The molecule has 8 nitrogen and oxygen atoms in total. The standard InChI is InChI=1S/C26H27O4S.C6H12.H3NO3S/c1-3-27-18-20-29-22-10-14-25(15-11-22)31(24-8-6-5-7-9-24)26-16-12-23(13-17-26)30-21-19-28-4-2;1-2-4-6-5-3-1;1-5(2,3)4/h3-17H,1-2,18-21H2;1-6H2;(H3,1,2,3,4)/q+1;;/p-1. The van der Waals surface area contributed by atoms with Crippen LogP contribution in [0.15, 0.2) is 119 Å². The minimum atomic E-state index is -4.42. The first kappa shape index (κ1) is 34.8. The van der Waals surface area contributed by atoms with Crippen molar-refractivity contribution < 1.29 is 31.9 Å². The summed E-state index contributed by atoms with van der Waals surface area (Å²) in [5.74, 6) is 1.64. The summed E-state index contributed by atoms with van der Waals surface area (Å²) in [5, 5.41) is 3.77. The molecule has 3 aromatic carbocycles. The van der Waals surface area contributed by atoms with Crippen molar-refractivity contribution in [3.8, 4) is 11.5 Å². The molecule has 0 saturated heterocycles. The van der Waals surface area contributed by atoms with Crippen LogP contribution in [0.5, 0.6) is 11.5 Å². The van der Waals surface area contributed by atoms with Crippen LogP contribution in [0.4, 0.5) is 0 Å². The Morgan fingerprint density at radius 3 is 1.31 bits per heavy atom. The van der Waals surface area contributed by atoms with Gasteiger partial charge < -0.3 is 23.5 Å². The molecular formula is C32H41NO7S2. The largest absolute Gasteiger partial charge is 0.736 e. The van der Waals surface area contributed by atoms with Crippen molar-refractivity contribution in [1.29, 1.82) is 0 Å². The number of benzene rings is 3. The Morgan fingerprint density at radius 1 is 0.643 bits per heavy atom. The Balaban J connectivity index is 0.000000469. The molecule has 1 fully saturated rings. The van der Waals surface area contributed by atoms with Crippen LogP contribution >= 0.6 is 0 Å². The number of hydrogen-bond acceptors (Lipinski definition) is 7. The molecule has 2 N–H and O–H groups in total. The first-order valence-electron chi connectivity index (χ1n) is 13.8. The van der Waals surface area contributed by atoms with Crippen LogP contribution in [0.3, 0.4) is 0 Å². The van der Waals surface area contributed by atoms with Gasteiger partial charge in [-0.25, -0.2) is 13.6 Å². The predicted molar refractivity (Wildman–Crippen MR) is 166 cm³/mol. The average molecular weight is 616 g/mol. The second-order valence-corrected chi connectivity index (χ2v) is 12.0. The molecule has 0 unspecified atom stereocenters. The summed E-state index contributed by atoms with van der Waals surface area (Å²) in [6.07, 6.45) is 11.8. The van der Waals surface area contributed by atoms with E-state index in [0.717, 1.165) is 11.5 Å². The molecule has 1 saturated carbocycles. The second kappa shape index (κ2) is 20.4. The minimum Gasteiger partial charge on any atom is -0.736 e. The van der Waals surface area contributed by atoms with Crippen molar-refractivity contribution in [1.82, 2.24) is 0 Å². The quantitative estimate of drug-likeness (QED) is 0.0995. The maximum atomic E-state index is 8.85. The second-order valence-electron chi connectivity index (χ2n) is 8.95. The van der Waals surface area contributed by atoms with E-state index >= 15 is 0 Å². The van der Waals surface area contributed by atoms with Gasteiger partial charge in [-0.15, -0.1) is 0 Å². The van der Waals surface area contributed by atoms with Gasteiger partial charge in [-0.1, -0.05) is 69.9 Å². The SMILES string of the molecule is C1CCCCC1.C=COCCOc1ccc([S+](c2ccccc2)c2ccc(OCCOC=C)cc2)cc1.NS(=O)(=O)[O-]. The lowest BCUT2D eigenvalue weighted by atomic mass is 10.0. The third kappa shape index (κ3) is 15.5. The molecular weight excluding hydrogens is 574 g/mol. The average Bonchev–Trinajstić information content (AvgIpc) is 3.00. The van der Waals surface area contributed by atoms with Crippen molar-refractivity contribution in [2.24, 2.45) is 5.14 Å². The molecule has 0 atom stereocenters. The number of ether oxygens (including phenoxy) is 4. The Kier molecular flexibility index (Phi) is 16.9. The highest BCUT2D eigenvalue weighted by Crippen LogP contribution is 2.33. The lowest BCUT2D eigenvalue weighted by molar-refractivity contribution is 0.179. The topological polar surface area (TPSA) is 120 Å². The predicted octanol–water partition coefficient (Wildman–Crippen LogP) is 6.61. The van der Waals surface area contributed by atoms with Gasteiger partial charge in [-0.05, 0) is 60.7 Å².